The van der Waals surface area contributed by atoms with Gasteiger partial charge in [0.2, 0.25) is 5.91 Å². The minimum absolute atomic E-state index is 0.0629. The summed E-state index contributed by atoms with van der Waals surface area (Å²) in [4.78, 5) is 29.3. The molecule has 0 aliphatic carbocycles. The fourth-order valence-corrected chi connectivity index (χ4v) is 3.41. The molecule has 1 amide bonds. The first-order chi connectivity index (χ1) is 11.5. The van der Waals surface area contributed by atoms with E-state index in [1.54, 1.807) is 6.92 Å². The molecule has 1 fully saturated rings. The van der Waals surface area contributed by atoms with E-state index in [2.05, 4.69) is 4.98 Å². The maximum Gasteiger partial charge on any atom is 0.251 e. The standard InChI is InChI=1S/C19H24N2O3/c1-13(22)16-6-4-10-21(12-16)18(23)9-8-15-11-14-5-2-3-7-17(14)20-19(15)24/h2-3,5,7,11,13,16,22H,4,6,8-10,12H2,1H3,(H,20,24). The van der Waals surface area contributed by atoms with Crippen LogP contribution in [0.5, 0.6) is 0 Å². The third-order valence-corrected chi connectivity index (χ3v) is 4.93. The number of hydrogen-bond acceptors (Lipinski definition) is 3. The van der Waals surface area contributed by atoms with Gasteiger partial charge in [0.15, 0.2) is 0 Å². The quantitative estimate of drug-likeness (QED) is 0.902. The van der Waals surface area contributed by atoms with E-state index >= 15 is 0 Å². The highest BCUT2D eigenvalue weighted by Gasteiger charge is 2.26. The molecule has 5 heteroatoms. The summed E-state index contributed by atoms with van der Waals surface area (Å²) < 4.78 is 0. The number of hydrogen-bond donors (Lipinski definition) is 2. The van der Waals surface area contributed by atoms with Crippen molar-refractivity contribution in [3.8, 4) is 0 Å². The number of benzene rings is 1. The first-order valence-corrected chi connectivity index (χ1v) is 8.61. The van der Waals surface area contributed by atoms with Gasteiger partial charge in [0.05, 0.1) is 6.10 Å². The van der Waals surface area contributed by atoms with Crippen LogP contribution in [0.4, 0.5) is 0 Å². The Hall–Kier alpha value is -2.14. The minimum atomic E-state index is -0.385. The Labute approximate surface area is 141 Å². The van der Waals surface area contributed by atoms with Crippen LogP contribution in [0.3, 0.4) is 0 Å². The fourth-order valence-electron chi connectivity index (χ4n) is 3.41. The molecular weight excluding hydrogens is 304 g/mol. The van der Waals surface area contributed by atoms with Crippen molar-refractivity contribution in [2.45, 2.75) is 38.7 Å². The molecule has 0 radical (unpaired) electrons. The molecule has 1 aromatic heterocycles. The number of pyridine rings is 1. The number of para-hydroxylation sites is 1. The van der Waals surface area contributed by atoms with Gasteiger partial charge in [-0.05, 0) is 43.7 Å². The van der Waals surface area contributed by atoms with Gasteiger partial charge in [-0.25, -0.2) is 0 Å². The topological polar surface area (TPSA) is 73.4 Å². The predicted octanol–water partition coefficient (Wildman–Crippen LogP) is 2.08. The molecule has 128 valence electrons. The Morgan fingerprint density at radius 3 is 3.00 bits per heavy atom. The average Bonchev–Trinajstić information content (AvgIpc) is 2.59. The lowest BCUT2D eigenvalue weighted by molar-refractivity contribution is -0.133. The largest absolute Gasteiger partial charge is 0.393 e. The monoisotopic (exact) mass is 328 g/mol. The van der Waals surface area contributed by atoms with Crippen molar-refractivity contribution >= 4 is 16.8 Å². The number of aryl methyl sites for hydroxylation is 1. The number of amides is 1. The Balaban J connectivity index is 1.66. The predicted molar refractivity (Wildman–Crippen MR) is 93.9 cm³/mol. The number of aromatic nitrogens is 1. The van der Waals surface area contributed by atoms with E-state index < -0.39 is 0 Å². The van der Waals surface area contributed by atoms with Crippen molar-refractivity contribution in [3.63, 3.8) is 0 Å². The van der Waals surface area contributed by atoms with Crippen molar-refractivity contribution in [2.75, 3.05) is 13.1 Å². The smallest absolute Gasteiger partial charge is 0.251 e. The maximum atomic E-state index is 12.4. The van der Waals surface area contributed by atoms with Gasteiger partial charge in [0.1, 0.15) is 0 Å². The maximum absolute atomic E-state index is 12.4. The second kappa shape index (κ2) is 7.18. The van der Waals surface area contributed by atoms with Gasteiger partial charge >= 0.3 is 0 Å². The molecule has 1 saturated heterocycles. The van der Waals surface area contributed by atoms with Crippen LogP contribution in [0.25, 0.3) is 10.9 Å². The number of carbonyl (C=O) groups excluding carboxylic acids is 1. The average molecular weight is 328 g/mol. The van der Waals surface area contributed by atoms with E-state index in [0.29, 0.717) is 24.9 Å². The van der Waals surface area contributed by atoms with Crippen LogP contribution >= 0.6 is 0 Å². The number of piperidine rings is 1. The normalized spacial score (nSPS) is 19.4. The number of aromatic amines is 1. The van der Waals surface area contributed by atoms with Crippen molar-refractivity contribution < 1.29 is 9.90 Å². The number of aliphatic hydroxyl groups is 1. The van der Waals surface area contributed by atoms with Gasteiger partial charge in [-0.1, -0.05) is 18.2 Å². The van der Waals surface area contributed by atoms with E-state index in [4.69, 9.17) is 0 Å². The van der Waals surface area contributed by atoms with Crippen molar-refractivity contribution in [1.29, 1.82) is 0 Å². The number of likely N-dealkylation sites (tertiary alicyclic amines) is 1. The van der Waals surface area contributed by atoms with E-state index in [0.717, 1.165) is 30.3 Å². The van der Waals surface area contributed by atoms with Crippen LogP contribution in [0, 0.1) is 5.92 Å². The fraction of sp³-hybridized carbons (Fsp3) is 0.474. The highest BCUT2D eigenvalue weighted by atomic mass is 16.3. The molecule has 0 spiro atoms. The highest BCUT2D eigenvalue weighted by Crippen LogP contribution is 2.20. The lowest BCUT2D eigenvalue weighted by atomic mass is 9.93. The Bertz CT molecular complexity index is 782. The molecule has 2 atom stereocenters. The number of nitrogens with zero attached hydrogens (tertiary/aromatic N) is 1. The SMILES string of the molecule is CC(O)C1CCCN(C(=O)CCc2cc3ccccc3[nH]c2=O)C1. The Kier molecular flexibility index (Phi) is 5.00. The first kappa shape index (κ1) is 16.7. The molecular formula is C19H24N2O3. The summed E-state index contributed by atoms with van der Waals surface area (Å²) in [6.07, 6.45) is 2.27. The summed E-state index contributed by atoms with van der Waals surface area (Å²) in [5.74, 6) is 0.222. The van der Waals surface area contributed by atoms with Gasteiger partial charge in [0, 0.05) is 36.5 Å². The Morgan fingerprint density at radius 2 is 2.21 bits per heavy atom. The lowest BCUT2D eigenvalue weighted by Gasteiger charge is -2.34. The number of aliphatic hydroxyl groups excluding tert-OH is 1. The van der Waals surface area contributed by atoms with E-state index in [1.165, 1.54) is 0 Å². The molecule has 24 heavy (non-hydrogen) atoms. The molecule has 5 nitrogen and oxygen atoms in total. The summed E-state index contributed by atoms with van der Waals surface area (Å²) in [6, 6.07) is 9.51. The van der Waals surface area contributed by atoms with Gasteiger partial charge in [-0.15, -0.1) is 0 Å². The Morgan fingerprint density at radius 1 is 1.42 bits per heavy atom. The van der Waals surface area contributed by atoms with Crippen molar-refractivity contribution in [1.82, 2.24) is 9.88 Å². The summed E-state index contributed by atoms with van der Waals surface area (Å²) in [5, 5.41) is 10.7. The zero-order valence-electron chi connectivity index (χ0n) is 14.0. The first-order valence-electron chi connectivity index (χ1n) is 8.61. The summed E-state index contributed by atoms with van der Waals surface area (Å²) >= 11 is 0. The van der Waals surface area contributed by atoms with Gasteiger partial charge in [0.25, 0.3) is 5.56 Å². The van der Waals surface area contributed by atoms with E-state index in [-0.39, 0.29) is 23.5 Å². The molecule has 3 rings (SSSR count). The second-order valence-corrected chi connectivity index (χ2v) is 6.69. The summed E-state index contributed by atoms with van der Waals surface area (Å²) in [5.41, 5.74) is 1.33. The molecule has 0 bridgehead atoms. The number of nitrogens with one attached hydrogen (secondary N) is 1. The van der Waals surface area contributed by atoms with E-state index in [9.17, 15) is 14.7 Å². The number of carbonyl (C=O) groups is 1. The number of rotatable bonds is 4. The second-order valence-electron chi connectivity index (χ2n) is 6.69. The van der Waals surface area contributed by atoms with Crippen LogP contribution in [0.2, 0.25) is 0 Å². The van der Waals surface area contributed by atoms with Crippen LogP contribution in [0.1, 0.15) is 31.7 Å². The number of fused-ring (bicyclic) bond motifs is 1. The molecule has 1 aromatic carbocycles. The zero-order chi connectivity index (χ0) is 17.1. The van der Waals surface area contributed by atoms with E-state index in [1.807, 2.05) is 35.2 Å². The summed E-state index contributed by atoms with van der Waals surface area (Å²) in [6.45, 7) is 3.15. The van der Waals surface area contributed by atoms with Crippen LogP contribution in [-0.2, 0) is 11.2 Å². The molecule has 2 aromatic rings. The van der Waals surface area contributed by atoms with Crippen LogP contribution in [-0.4, -0.2) is 40.1 Å². The van der Waals surface area contributed by atoms with Gasteiger partial charge < -0.3 is 15.0 Å². The van der Waals surface area contributed by atoms with Gasteiger partial charge in [-0.2, -0.15) is 0 Å². The summed E-state index contributed by atoms with van der Waals surface area (Å²) in [7, 11) is 0. The van der Waals surface area contributed by atoms with Gasteiger partial charge in [-0.3, -0.25) is 9.59 Å². The zero-order valence-corrected chi connectivity index (χ0v) is 14.0. The highest BCUT2D eigenvalue weighted by molar-refractivity contribution is 5.79. The van der Waals surface area contributed by atoms with Crippen molar-refractivity contribution in [2.24, 2.45) is 5.92 Å². The van der Waals surface area contributed by atoms with Crippen molar-refractivity contribution in [3.05, 3.63) is 46.2 Å². The van der Waals surface area contributed by atoms with Crippen LogP contribution < -0.4 is 5.56 Å². The minimum Gasteiger partial charge on any atom is -0.393 e. The molecule has 0 saturated carbocycles. The molecule has 2 N–H and O–H groups in total. The lowest BCUT2D eigenvalue weighted by Crippen LogP contribution is -2.43. The molecule has 2 heterocycles. The molecule has 1 aliphatic rings. The number of H-pyrrole nitrogens is 1. The molecule has 1 aliphatic heterocycles. The third kappa shape index (κ3) is 3.67. The molecule has 2 unspecified atom stereocenters. The third-order valence-electron chi connectivity index (χ3n) is 4.93. The van der Waals surface area contributed by atoms with Crippen LogP contribution in [0.15, 0.2) is 35.1 Å².